The van der Waals surface area contributed by atoms with E-state index in [1.54, 1.807) is 6.92 Å². The summed E-state index contributed by atoms with van der Waals surface area (Å²) in [6.45, 7) is 5.91. The van der Waals surface area contributed by atoms with E-state index < -0.39 is 23.0 Å². The lowest BCUT2D eigenvalue weighted by atomic mass is 9.81. The van der Waals surface area contributed by atoms with E-state index >= 15 is 0 Å². The molecule has 0 aromatic heterocycles. The molecule has 0 bridgehead atoms. The van der Waals surface area contributed by atoms with E-state index in [9.17, 15) is 18.7 Å². The van der Waals surface area contributed by atoms with Crippen molar-refractivity contribution in [3.8, 4) is 5.75 Å². The lowest BCUT2D eigenvalue weighted by molar-refractivity contribution is 0.0830. The number of aliphatic hydroxyl groups is 1. The zero-order valence-electron chi connectivity index (χ0n) is 13.9. The van der Waals surface area contributed by atoms with Crippen LogP contribution < -0.4 is 10.1 Å². The number of halogens is 2. The Kier molecular flexibility index (Phi) is 7.42. The maximum atomic E-state index is 14.0. The summed E-state index contributed by atoms with van der Waals surface area (Å²) in [6, 6.07) is 1.71. The van der Waals surface area contributed by atoms with Crippen molar-refractivity contribution in [2.24, 2.45) is 5.41 Å². The first kappa shape index (κ1) is 19.4. The molecule has 6 heteroatoms. The Labute approximate surface area is 135 Å². The van der Waals surface area contributed by atoms with Crippen molar-refractivity contribution in [2.45, 2.75) is 40.0 Å². The fourth-order valence-electron chi connectivity index (χ4n) is 2.50. The summed E-state index contributed by atoms with van der Waals surface area (Å²) in [5.41, 5.74) is -0.810. The third kappa shape index (κ3) is 4.89. The molecule has 0 aliphatic carbocycles. The van der Waals surface area contributed by atoms with Gasteiger partial charge in [0.25, 0.3) is 5.91 Å². The summed E-state index contributed by atoms with van der Waals surface area (Å²) in [5, 5.41) is 12.2. The number of carbonyl (C=O) groups excluding carboxylic acids is 1. The van der Waals surface area contributed by atoms with Crippen molar-refractivity contribution in [1.29, 1.82) is 0 Å². The molecular weight excluding hydrogens is 304 g/mol. The first-order valence-electron chi connectivity index (χ1n) is 7.93. The molecule has 1 aromatic carbocycles. The minimum atomic E-state index is -0.839. The quantitative estimate of drug-likeness (QED) is 0.731. The molecule has 0 saturated heterocycles. The van der Waals surface area contributed by atoms with Crippen LogP contribution in [0.5, 0.6) is 5.75 Å². The highest BCUT2D eigenvalue weighted by molar-refractivity contribution is 5.94. The lowest BCUT2D eigenvalue weighted by Crippen LogP contribution is -2.40. The molecule has 2 N–H and O–H groups in total. The molecule has 1 rings (SSSR count). The summed E-state index contributed by atoms with van der Waals surface area (Å²) >= 11 is 0. The van der Waals surface area contributed by atoms with Crippen molar-refractivity contribution in [3.05, 3.63) is 29.3 Å². The highest BCUT2D eigenvalue weighted by Gasteiger charge is 2.28. The molecule has 0 heterocycles. The third-order valence-electron chi connectivity index (χ3n) is 4.06. The molecule has 4 nitrogen and oxygen atoms in total. The van der Waals surface area contributed by atoms with Gasteiger partial charge in [-0.25, -0.2) is 8.78 Å². The van der Waals surface area contributed by atoms with Crippen LogP contribution in [0.25, 0.3) is 0 Å². The zero-order valence-corrected chi connectivity index (χ0v) is 13.9. The zero-order chi connectivity index (χ0) is 17.5. The highest BCUT2D eigenvalue weighted by Crippen LogP contribution is 2.27. The summed E-state index contributed by atoms with van der Waals surface area (Å²) in [6.07, 6.45) is 2.27. The first-order valence-corrected chi connectivity index (χ1v) is 7.93. The van der Waals surface area contributed by atoms with Gasteiger partial charge < -0.3 is 15.2 Å². The number of carbonyl (C=O) groups is 1. The van der Waals surface area contributed by atoms with Crippen molar-refractivity contribution in [3.63, 3.8) is 0 Å². The second-order valence-corrected chi connectivity index (χ2v) is 5.64. The molecular formula is C17H25F2NO3. The van der Waals surface area contributed by atoms with E-state index in [1.165, 1.54) is 0 Å². The van der Waals surface area contributed by atoms with Gasteiger partial charge in [0.05, 0.1) is 18.8 Å². The molecule has 0 fully saturated rings. The van der Waals surface area contributed by atoms with Gasteiger partial charge in [-0.15, -0.1) is 0 Å². The molecule has 0 saturated carbocycles. The Morgan fingerprint density at radius 3 is 2.48 bits per heavy atom. The average molecular weight is 329 g/mol. The molecule has 1 atom stereocenters. The molecule has 0 aliphatic heterocycles. The van der Waals surface area contributed by atoms with Gasteiger partial charge in [-0.3, -0.25) is 4.79 Å². The van der Waals surface area contributed by atoms with Crippen LogP contribution in [0.2, 0.25) is 0 Å². The van der Waals surface area contributed by atoms with E-state index in [2.05, 4.69) is 5.32 Å². The van der Waals surface area contributed by atoms with Crippen LogP contribution in [0.15, 0.2) is 12.1 Å². The molecule has 130 valence electrons. The average Bonchev–Trinajstić information content (AvgIpc) is 2.54. The van der Waals surface area contributed by atoms with Crippen LogP contribution in [-0.4, -0.2) is 30.8 Å². The number of hydrogen-bond donors (Lipinski definition) is 2. The molecule has 1 unspecified atom stereocenters. The lowest BCUT2D eigenvalue weighted by Gasteiger charge is -2.30. The fourth-order valence-corrected chi connectivity index (χ4v) is 2.50. The molecule has 1 aromatic rings. The van der Waals surface area contributed by atoms with Gasteiger partial charge in [0.2, 0.25) is 0 Å². The number of nitrogens with one attached hydrogen (secondary N) is 1. The number of hydrogen-bond acceptors (Lipinski definition) is 3. The molecule has 23 heavy (non-hydrogen) atoms. The Morgan fingerprint density at radius 2 is 1.96 bits per heavy atom. The number of amides is 1. The molecule has 0 radical (unpaired) electrons. The Balaban J connectivity index is 2.87. The van der Waals surface area contributed by atoms with E-state index in [4.69, 9.17) is 4.74 Å². The Hall–Kier alpha value is -1.69. The number of rotatable bonds is 9. The fraction of sp³-hybridized carbons (Fsp3) is 0.588. The molecule has 1 amide bonds. The largest absolute Gasteiger partial charge is 0.491 e. The van der Waals surface area contributed by atoms with Gasteiger partial charge in [-0.1, -0.05) is 20.3 Å². The molecule has 0 aliphatic rings. The van der Waals surface area contributed by atoms with Crippen molar-refractivity contribution in [1.82, 2.24) is 5.32 Å². The van der Waals surface area contributed by atoms with Crippen LogP contribution >= 0.6 is 0 Å². The van der Waals surface area contributed by atoms with E-state index in [-0.39, 0.29) is 31.1 Å². The van der Waals surface area contributed by atoms with Gasteiger partial charge in [-0.05, 0) is 25.8 Å². The number of aliphatic hydroxyl groups excluding tert-OH is 1. The number of ether oxygens (including phenoxy) is 1. The predicted octanol–water partition coefficient (Wildman–Crippen LogP) is 3.28. The van der Waals surface area contributed by atoms with Crippen LogP contribution in [-0.2, 0) is 0 Å². The van der Waals surface area contributed by atoms with Crippen LogP contribution in [0.1, 0.15) is 50.4 Å². The van der Waals surface area contributed by atoms with Gasteiger partial charge in [0.1, 0.15) is 5.82 Å². The predicted molar refractivity (Wildman–Crippen MR) is 84.6 cm³/mol. The Bertz CT molecular complexity index is 531. The maximum Gasteiger partial charge on any atom is 0.254 e. The van der Waals surface area contributed by atoms with Crippen molar-refractivity contribution in [2.75, 3.05) is 19.8 Å². The monoisotopic (exact) mass is 329 g/mol. The second-order valence-electron chi connectivity index (χ2n) is 5.64. The molecule has 0 spiro atoms. The van der Waals surface area contributed by atoms with Gasteiger partial charge in [0.15, 0.2) is 11.6 Å². The minimum absolute atomic E-state index is 0.0717. The van der Waals surface area contributed by atoms with Crippen LogP contribution in [0.4, 0.5) is 8.78 Å². The Morgan fingerprint density at radius 1 is 1.26 bits per heavy atom. The van der Waals surface area contributed by atoms with E-state index in [0.29, 0.717) is 6.42 Å². The van der Waals surface area contributed by atoms with Crippen LogP contribution in [0.3, 0.4) is 0 Å². The number of benzene rings is 1. The summed E-state index contributed by atoms with van der Waals surface area (Å²) in [7, 11) is 0. The second kappa shape index (κ2) is 8.82. The SMILES string of the molecule is CCCC(CC)(CO)CNC(=O)c1cc(F)c(OCC)cc1F. The van der Waals surface area contributed by atoms with Crippen LogP contribution in [0, 0.1) is 17.0 Å². The summed E-state index contributed by atoms with van der Waals surface area (Å²) < 4.78 is 32.7. The standard InChI is InChI=1S/C17H25F2NO3/c1-4-7-17(5-2,11-21)10-20-16(22)12-8-14(19)15(23-6-3)9-13(12)18/h8-9,21H,4-7,10-11H2,1-3H3,(H,20,22). The first-order chi connectivity index (χ1) is 10.9. The van der Waals surface area contributed by atoms with Gasteiger partial charge >= 0.3 is 0 Å². The topological polar surface area (TPSA) is 58.6 Å². The van der Waals surface area contributed by atoms with Crippen molar-refractivity contribution >= 4 is 5.91 Å². The minimum Gasteiger partial charge on any atom is -0.491 e. The summed E-state index contributed by atoms with van der Waals surface area (Å²) in [5.74, 6) is -2.54. The van der Waals surface area contributed by atoms with Gasteiger partial charge in [-0.2, -0.15) is 0 Å². The summed E-state index contributed by atoms with van der Waals surface area (Å²) in [4.78, 5) is 12.1. The highest BCUT2D eigenvalue weighted by atomic mass is 19.1. The van der Waals surface area contributed by atoms with Gasteiger partial charge in [0, 0.05) is 18.0 Å². The van der Waals surface area contributed by atoms with E-state index in [1.807, 2.05) is 13.8 Å². The normalized spacial score (nSPS) is 13.5. The maximum absolute atomic E-state index is 14.0. The smallest absolute Gasteiger partial charge is 0.254 e. The third-order valence-corrected chi connectivity index (χ3v) is 4.06. The van der Waals surface area contributed by atoms with E-state index in [0.717, 1.165) is 25.0 Å². The van der Waals surface area contributed by atoms with Crippen molar-refractivity contribution < 1.29 is 23.4 Å².